The first-order chi connectivity index (χ1) is 13.2. The van der Waals surface area contributed by atoms with Gasteiger partial charge in [0, 0.05) is 70.4 Å². The summed E-state index contributed by atoms with van der Waals surface area (Å²) >= 11 is 1.80. The summed E-state index contributed by atoms with van der Waals surface area (Å²) in [6, 6.07) is 0. The van der Waals surface area contributed by atoms with Crippen LogP contribution in [0.25, 0.3) is 0 Å². The number of aliphatic imine (C=N–C) groups is 1. The molecule has 0 aromatic carbocycles. The summed E-state index contributed by atoms with van der Waals surface area (Å²) in [5.41, 5.74) is 0. The van der Waals surface area contributed by atoms with Gasteiger partial charge in [-0.25, -0.2) is 4.98 Å². The monoisotopic (exact) mass is 520 g/mol. The zero-order valence-corrected chi connectivity index (χ0v) is 20.2. The lowest BCUT2D eigenvalue weighted by Crippen LogP contribution is -2.54. The molecule has 0 aliphatic carbocycles. The molecule has 3 rings (SSSR count). The largest absolute Gasteiger partial charge is 0.356 e. The minimum atomic E-state index is 0. The molecule has 1 N–H and O–H groups in total. The van der Waals surface area contributed by atoms with Gasteiger partial charge in [0.05, 0.1) is 11.6 Å². The van der Waals surface area contributed by atoms with Crippen LogP contribution in [0.1, 0.15) is 29.7 Å². The van der Waals surface area contributed by atoms with E-state index in [1.54, 1.807) is 11.3 Å². The van der Waals surface area contributed by atoms with E-state index in [9.17, 15) is 4.79 Å². The molecule has 2 saturated heterocycles. The lowest BCUT2D eigenvalue weighted by atomic mass is 10.3. The summed E-state index contributed by atoms with van der Waals surface area (Å²) in [6.45, 7) is 9.08. The van der Waals surface area contributed by atoms with Gasteiger partial charge >= 0.3 is 0 Å². The minimum absolute atomic E-state index is 0. The second-order valence-corrected chi connectivity index (χ2v) is 8.35. The van der Waals surface area contributed by atoms with E-state index in [2.05, 4.69) is 32.0 Å². The highest BCUT2D eigenvalue weighted by atomic mass is 127. The zero-order chi connectivity index (χ0) is 19.1. The Kier molecular flexibility index (Phi) is 9.93. The van der Waals surface area contributed by atoms with Gasteiger partial charge in [-0.3, -0.25) is 14.7 Å². The zero-order valence-electron chi connectivity index (χ0n) is 17.0. The number of amides is 1. The first-order valence-corrected chi connectivity index (χ1v) is 10.9. The third-order valence-electron chi connectivity index (χ3n) is 5.27. The molecule has 1 amide bonds. The van der Waals surface area contributed by atoms with Gasteiger partial charge in [-0.2, -0.15) is 0 Å². The fourth-order valence-corrected chi connectivity index (χ4v) is 4.48. The lowest BCUT2D eigenvalue weighted by molar-refractivity contribution is -0.131. The summed E-state index contributed by atoms with van der Waals surface area (Å²) in [5, 5.41) is 4.64. The summed E-state index contributed by atoms with van der Waals surface area (Å²) < 4.78 is 0. The number of halogens is 1. The molecule has 9 heteroatoms. The fraction of sp³-hybridized carbons (Fsp3) is 0.737. The van der Waals surface area contributed by atoms with Crippen molar-refractivity contribution in [1.29, 1.82) is 0 Å². The maximum atomic E-state index is 12.3. The number of nitrogens with one attached hydrogen (secondary N) is 1. The van der Waals surface area contributed by atoms with E-state index in [0.29, 0.717) is 12.5 Å². The van der Waals surface area contributed by atoms with Crippen LogP contribution in [0.4, 0.5) is 0 Å². The number of likely N-dealkylation sites (tertiary alicyclic amines) is 1. The number of thiazole rings is 1. The second kappa shape index (κ2) is 11.9. The molecule has 0 unspecified atom stereocenters. The number of carbonyl (C=O) groups is 1. The van der Waals surface area contributed by atoms with Gasteiger partial charge in [0.15, 0.2) is 5.96 Å². The van der Waals surface area contributed by atoms with Crippen molar-refractivity contribution >= 4 is 47.2 Å². The molecule has 2 fully saturated rings. The first kappa shape index (κ1) is 23.3. The Hall–Kier alpha value is -0.940. The Balaban J connectivity index is 0.00000280. The standard InChI is InChI=1S/C19H32N6OS.HI/c1-3-16-14-22-17(27-16)6-7-21-19(20-2)25-12-10-23(11-13-25)15-18(26)24-8-4-5-9-24;/h14H,3-13,15H2,1-2H3,(H,20,21);1H. The van der Waals surface area contributed by atoms with E-state index in [-0.39, 0.29) is 24.0 Å². The third-order valence-corrected chi connectivity index (χ3v) is 6.47. The number of aromatic nitrogens is 1. The fourth-order valence-electron chi connectivity index (χ4n) is 3.62. The Morgan fingerprint density at radius 1 is 1.18 bits per heavy atom. The van der Waals surface area contributed by atoms with Crippen LogP contribution in [0.3, 0.4) is 0 Å². The minimum Gasteiger partial charge on any atom is -0.356 e. The van der Waals surface area contributed by atoms with Crippen molar-refractivity contribution in [3.8, 4) is 0 Å². The molecule has 3 heterocycles. The van der Waals surface area contributed by atoms with Crippen LogP contribution < -0.4 is 5.32 Å². The quantitative estimate of drug-likeness (QED) is 0.352. The van der Waals surface area contributed by atoms with Gasteiger partial charge < -0.3 is 15.1 Å². The van der Waals surface area contributed by atoms with Crippen LogP contribution in [0, 0.1) is 0 Å². The molecule has 1 aromatic rings. The SMILES string of the molecule is CCc1cnc(CCNC(=NC)N2CCN(CC(=O)N3CCCC3)CC2)s1.I. The summed E-state index contributed by atoms with van der Waals surface area (Å²) in [7, 11) is 1.84. The van der Waals surface area contributed by atoms with Gasteiger partial charge in [0.2, 0.25) is 5.91 Å². The van der Waals surface area contributed by atoms with Crippen molar-refractivity contribution in [3.63, 3.8) is 0 Å². The van der Waals surface area contributed by atoms with Gasteiger partial charge in [0.1, 0.15) is 0 Å². The smallest absolute Gasteiger partial charge is 0.236 e. The number of carbonyl (C=O) groups excluding carboxylic acids is 1. The topological polar surface area (TPSA) is 64.1 Å². The van der Waals surface area contributed by atoms with Crippen LogP contribution in [-0.2, 0) is 17.6 Å². The van der Waals surface area contributed by atoms with E-state index >= 15 is 0 Å². The van der Waals surface area contributed by atoms with Crippen LogP contribution >= 0.6 is 35.3 Å². The molecule has 7 nitrogen and oxygen atoms in total. The van der Waals surface area contributed by atoms with Crippen molar-refractivity contribution in [2.45, 2.75) is 32.6 Å². The molecular weight excluding hydrogens is 487 g/mol. The van der Waals surface area contributed by atoms with Crippen LogP contribution in [-0.4, -0.2) is 91.0 Å². The molecule has 0 radical (unpaired) electrons. The maximum Gasteiger partial charge on any atom is 0.236 e. The number of nitrogens with zero attached hydrogens (tertiary/aromatic N) is 5. The van der Waals surface area contributed by atoms with Gasteiger partial charge in [-0.05, 0) is 19.3 Å². The van der Waals surface area contributed by atoms with E-state index in [4.69, 9.17) is 0 Å². The van der Waals surface area contributed by atoms with Crippen molar-refractivity contribution in [2.75, 3.05) is 59.4 Å². The molecule has 158 valence electrons. The Bertz CT molecular complexity index is 638. The highest BCUT2D eigenvalue weighted by Crippen LogP contribution is 2.13. The average Bonchev–Trinajstić information content (AvgIpc) is 3.38. The summed E-state index contributed by atoms with van der Waals surface area (Å²) in [5.74, 6) is 1.24. The predicted molar refractivity (Wildman–Crippen MR) is 126 cm³/mol. The molecular formula is C19H33IN6OS. The number of hydrogen-bond acceptors (Lipinski definition) is 5. The molecule has 0 saturated carbocycles. The van der Waals surface area contributed by atoms with Gasteiger partial charge in [0.25, 0.3) is 0 Å². The summed E-state index contributed by atoms with van der Waals surface area (Å²) in [6.07, 6.45) is 6.27. The number of piperazine rings is 1. The van der Waals surface area contributed by atoms with Crippen molar-refractivity contribution in [1.82, 2.24) is 25.0 Å². The van der Waals surface area contributed by atoms with Crippen molar-refractivity contribution < 1.29 is 4.79 Å². The predicted octanol–water partition coefficient (Wildman–Crippen LogP) is 1.68. The first-order valence-electron chi connectivity index (χ1n) is 10.1. The van der Waals surface area contributed by atoms with Crippen LogP contribution in [0.15, 0.2) is 11.2 Å². The van der Waals surface area contributed by atoms with Crippen molar-refractivity contribution in [2.24, 2.45) is 4.99 Å². The Labute approximate surface area is 189 Å². The summed E-state index contributed by atoms with van der Waals surface area (Å²) in [4.78, 5) is 29.1. The van der Waals surface area contributed by atoms with Crippen molar-refractivity contribution in [3.05, 3.63) is 16.1 Å². The van der Waals surface area contributed by atoms with E-state index in [1.807, 2.05) is 18.1 Å². The molecule has 2 aliphatic rings. The highest BCUT2D eigenvalue weighted by molar-refractivity contribution is 14.0. The number of rotatable bonds is 6. The molecule has 1 aromatic heterocycles. The number of aryl methyl sites for hydroxylation is 1. The highest BCUT2D eigenvalue weighted by Gasteiger charge is 2.24. The van der Waals surface area contributed by atoms with E-state index < -0.39 is 0 Å². The average molecular weight is 520 g/mol. The van der Waals surface area contributed by atoms with E-state index in [1.165, 1.54) is 9.88 Å². The van der Waals surface area contributed by atoms with Crippen LogP contribution in [0.5, 0.6) is 0 Å². The molecule has 28 heavy (non-hydrogen) atoms. The number of hydrogen-bond donors (Lipinski definition) is 1. The van der Waals surface area contributed by atoms with Gasteiger partial charge in [-0.15, -0.1) is 35.3 Å². The lowest BCUT2D eigenvalue weighted by Gasteiger charge is -2.36. The molecule has 2 aliphatic heterocycles. The number of guanidine groups is 1. The molecule has 0 spiro atoms. The van der Waals surface area contributed by atoms with Crippen LogP contribution in [0.2, 0.25) is 0 Å². The Morgan fingerprint density at radius 2 is 1.89 bits per heavy atom. The van der Waals surface area contributed by atoms with Gasteiger partial charge in [-0.1, -0.05) is 6.92 Å². The molecule has 0 atom stereocenters. The van der Waals surface area contributed by atoms with E-state index in [0.717, 1.165) is 77.5 Å². The second-order valence-electron chi connectivity index (χ2n) is 7.15. The molecule has 0 bridgehead atoms. The maximum absolute atomic E-state index is 12.3. The third kappa shape index (κ3) is 6.55. The Morgan fingerprint density at radius 3 is 2.50 bits per heavy atom. The normalized spacial score (nSPS) is 18.3.